The molecule has 0 bridgehead atoms. The van der Waals surface area contributed by atoms with Gasteiger partial charge in [-0.05, 0) is 30.5 Å². The Bertz CT molecular complexity index is 373. The summed E-state index contributed by atoms with van der Waals surface area (Å²) in [6.07, 6.45) is 6.40. The molecule has 0 aliphatic heterocycles. The summed E-state index contributed by atoms with van der Waals surface area (Å²) in [6, 6.07) is 8.01. The molecule has 1 N–H and O–H groups in total. The van der Waals surface area contributed by atoms with Crippen LogP contribution in [0.15, 0.2) is 24.3 Å². The van der Waals surface area contributed by atoms with E-state index in [1.807, 2.05) is 30.0 Å². The van der Waals surface area contributed by atoms with E-state index in [4.69, 9.17) is 11.2 Å². The Hall–Kier alpha value is -1.11. The molecule has 0 saturated carbocycles. The minimum Gasteiger partial charge on any atom is -0.481 e. The van der Waals surface area contributed by atoms with Gasteiger partial charge in [0.05, 0.1) is 0 Å². The summed E-state index contributed by atoms with van der Waals surface area (Å²) < 4.78 is 5.50. The van der Waals surface area contributed by atoms with Gasteiger partial charge in [-0.2, -0.15) is 11.8 Å². The number of hydrogen-bond acceptors (Lipinski definition) is 3. The van der Waals surface area contributed by atoms with Gasteiger partial charge in [-0.3, -0.25) is 0 Å². The van der Waals surface area contributed by atoms with E-state index in [9.17, 15) is 0 Å². The van der Waals surface area contributed by atoms with Crippen LogP contribution in [0.4, 0.5) is 0 Å². The number of para-hydroxylation sites is 1. The molecule has 0 saturated heterocycles. The highest BCUT2D eigenvalue weighted by atomic mass is 32.2. The normalized spacial score (nSPS) is 10.0. The predicted molar refractivity (Wildman–Crippen MR) is 80.1 cm³/mol. The molecule has 0 spiro atoms. The molecule has 0 radical (unpaired) electrons. The Kier molecular flexibility index (Phi) is 8.20. The highest BCUT2D eigenvalue weighted by Crippen LogP contribution is 2.17. The molecule has 0 atom stereocenters. The summed E-state index contributed by atoms with van der Waals surface area (Å²) in [5.74, 6) is 5.79. The molecule has 1 rings (SSSR count). The summed E-state index contributed by atoms with van der Waals surface area (Å²) >= 11 is 1.98. The van der Waals surface area contributed by atoms with Crippen molar-refractivity contribution in [2.75, 3.05) is 24.7 Å². The van der Waals surface area contributed by atoms with Gasteiger partial charge < -0.3 is 10.1 Å². The van der Waals surface area contributed by atoms with Crippen molar-refractivity contribution in [1.29, 1.82) is 0 Å². The molecule has 0 aliphatic rings. The fraction of sp³-hybridized carbons (Fsp3) is 0.467. The molecule has 0 unspecified atom stereocenters. The highest BCUT2D eigenvalue weighted by molar-refractivity contribution is 7.99. The van der Waals surface area contributed by atoms with Gasteiger partial charge in [0.25, 0.3) is 0 Å². The first kappa shape index (κ1) is 14.9. The second kappa shape index (κ2) is 9.87. The second-order valence-corrected chi connectivity index (χ2v) is 5.22. The van der Waals surface area contributed by atoms with Crippen LogP contribution in [0.5, 0.6) is 5.75 Å². The summed E-state index contributed by atoms with van der Waals surface area (Å²) in [4.78, 5) is 0. The van der Waals surface area contributed by atoms with Crippen LogP contribution in [0, 0.1) is 12.3 Å². The number of benzene rings is 1. The van der Waals surface area contributed by atoms with E-state index in [1.165, 1.54) is 17.9 Å². The van der Waals surface area contributed by atoms with E-state index in [0.717, 1.165) is 24.4 Å². The van der Waals surface area contributed by atoms with Gasteiger partial charge in [0.15, 0.2) is 0 Å². The number of terminal acetylenes is 1. The van der Waals surface area contributed by atoms with E-state index in [0.29, 0.717) is 6.61 Å². The smallest absolute Gasteiger partial charge is 0.148 e. The minimum atomic E-state index is 0.324. The first-order chi connectivity index (χ1) is 8.88. The number of ether oxygens (including phenoxy) is 1. The molecule has 18 heavy (non-hydrogen) atoms. The zero-order valence-corrected chi connectivity index (χ0v) is 11.8. The zero-order valence-electron chi connectivity index (χ0n) is 10.9. The van der Waals surface area contributed by atoms with Crippen LogP contribution >= 0.6 is 11.8 Å². The fourth-order valence-electron chi connectivity index (χ4n) is 1.58. The molecule has 1 aromatic rings. The Labute approximate surface area is 115 Å². The van der Waals surface area contributed by atoms with Crippen LogP contribution in [0.2, 0.25) is 0 Å². The first-order valence-electron chi connectivity index (χ1n) is 6.31. The lowest BCUT2D eigenvalue weighted by Gasteiger charge is -2.10. The molecule has 0 fully saturated rings. The summed E-state index contributed by atoms with van der Waals surface area (Å²) in [6.45, 7) is 4.38. The van der Waals surface area contributed by atoms with Gasteiger partial charge in [-0.1, -0.05) is 31.0 Å². The van der Waals surface area contributed by atoms with Crippen LogP contribution in [-0.2, 0) is 6.54 Å². The summed E-state index contributed by atoms with van der Waals surface area (Å²) in [5.41, 5.74) is 1.16. The van der Waals surface area contributed by atoms with Gasteiger partial charge >= 0.3 is 0 Å². The van der Waals surface area contributed by atoms with Gasteiger partial charge in [-0.15, -0.1) is 6.42 Å². The molecule has 0 amide bonds. The SMILES string of the molecule is C#CCOc1ccccc1CNCCCSCC. The number of thioether (sulfide) groups is 1. The summed E-state index contributed by atoms with van der Waals surface area (Å²) in [5, 5.41) is 3.43. The molecule has 0 aliphatic carbocycles. The largest absolute Gasteiger partial charge is 0.481 e. The topological polar surface area (TPSA) is 21.3 Å². The van der Waals surface area contributed by atoms with Crippen molar-refractivity contribution in [1.82, 2.24) is 5.32 Å². The van der Waals surface area contributed by atoms with Gasteiger partial charge in [0.2, 0.25) is 0 Å². The Morgan fingerprint density at radius 3 is 3.00 bits per heavy atom. The molecule has 3 heteroatoms. The lowest BCUT2D eigenvalue weighted by molar-refractivity contribution is 0.365. The van der Waals surface area contributed by atoms with Gasteiger partial charge in [0.1, 0.15) is 12.4 Å². The number of hydrogen-bond donors (Lipinski definition) is 1. The van der Waals surface area contributed by atoms with E-state index in [-0.39, 0.29) is 0 Å². The molecule has 98 valence electrons. The second-order valence-electron chi connectivity index (χ2n) is 3.83. The lowest BCUT2D eigenvalue weighted by atomic mass is 10.2. The van der Waals surface area contributed by atoms with Crippen molar-refractivity contribution in [2.45, 2.75) is 19.9 Å². The van der Waals surface area contributed by atoms with Crippen molar-refractivity contribution in [2.24, 2.45) is 0 Å². The maximum Gasteiger partial charge on any atom is 0.148 e. The Morgan fingerprint density at radius 1 is 1.39 bits per heavy atom. The molecule has 0 heterocycles. The maximum absolute atomic E-state index is 5.50. The van der Waals surface area contributed by atoms with Crippen molar-refractivity contribution in [3.8, 4) is 18.1 Å². The highest BCUT2D eigenvalue weighted by Gasteiger charge is 2.01. The molecule has 1 aromatic carbocycles. The standard InChI is InChI=1S/C15H21NOS/c1-3-11-17-15-9-6-5-8-14(15)13-16-10-7-12-18-4-2/h1,5-6,8-9,16H,4,7,10-13H2,2H3. The van der Waals surface area contributed by atoms with E-state index < -0.39 is 0 Å². The Morgan fingerprint density at radius 2 is 2.22 bits per heavy atom. The van der Waals surface area contributed by atoms with Crippen LogP contribution in [0.25, 0.3) is 0 Å². The van der Waals surface area contributed by atoms with Crippen molar-refractivity contribution >= 4 is 11.8 Å². The molecule has 2 nitrogen and oxygen atoms in total. The minimum absolute atomic E-state index is 0.324. The Balaban J connectivity index is 2.30. The van der Waals surface area contributed by atoms with Crippen molar-refractivity contribution in [3.05, 3.63) is 29.8 Å². The third kappa shape index (κ3) is 6.00. The number of nitrogens with one attached hydrogen (secondary N) is 1. The predicted octanol–water partition coefficient (Wildman–Crippen LogP) is 2.93. The monoisotopic (exact) mass is 263 g/mol. The van der Waals surface area contributed by atoms with Crippen LogP contribution in [0.3, 0.4) is 0 Å². The fourth-order valence-corrected chi connectivity index (χ4v) is 2.21. The quantitative estimate of drug-likeness (QED) is 0.547. The van der Waals surface area contributed by atoms with Crippen molar-refractivity contribution < 1.29 is 4.74 Å². The maximum atomic E-state index is 5.50. The molecular formula is C15H21NOS. The third-order valence-corrected chi connectivity index (χ3v) is 3.43. The lowest BCUT2D eigenvalue weighted by Crippen LogP contribution is -2.16. The van der Waals surface area contributed by atoms with E-state index in [2.05, 4.69) is 24.2 Å². The zero-order chi connectivity index (χ0) is 13.1. The van der Waals surface area contributed by atoms with Gasteiger partial charge in [-0.25, -0.2) is 0 Å². The average Bonchev–Trinajstić information content (AvgIpc) is 2.41. The van der Waals surface area contributed by atoms with Crippen LogP contribution in [0.1, 0.15) is 18.9 Å². The first-order valence-corrected chi connectivity index (χ1v) is 7.46. The third-order valence-electron chi connectivity index (χ3n) is 2.45. The number of rotatable bonds is 9. The molecule has 0 aromatic heterocycles. The van der Waals surface area contributed by atoms with E-state index in [1.54, 1.807) is 0 Å². The van der Waals surface area contributed by atoms with E-state index >= 15 is 0 Å². The van der Waals surface area contributed by atoms with Gasteiger partial charge in [0, 0.05) is 12.1 Å². The molecular weight excluding hydrogens is 242 g/mol. The van der Waals surface area contributed by atoms with Crippen LogP contribution in [-0.4, -0.2) is 24.7 Å². The van der Waals surface area contributed by atoms with Crippen molar-refractivity contribution in [3.63, 3.8) is 0 Å². The summed E-state index contributed by atoms with van der Waals surface area (Å²) in [7, 11) is 0. The average molecular weight is 263 g/mol. The van der Waals surface area contributed by atoms with Crippen LogP contribution < -0.4 is 10.1 Å².